The van der Waals surface area contributed by atoms with Gasteiger partial charge in [0.1, 0.15) is 13.2 Å². The lowest BCUT2D eigenvalue weighted by atomic mass is 10.5. The number of ether oxygens (including phenoxy) is 2. The number of esters is 1. The van der Waals surface area contributed by atoms with Crippen LogP contribution in [0.1, 0.15) is 6.92 Å². The average Bonchev–Trinajstić information content (AvgIpc) is 2.02. The molecule has 0 unspecified atom stereocenters. The molecular weight excluding hydrogens is 188 g/mol. The quantitative estimate of drug-likeness (QED) is 0.594. The lowest BCUT2D eigenvalue weighted by Gasteiger charge is -2.15. The smallest absolute Gasteiger partial charge is 0.404 e. The Balaban J connectivity index is 3.32. The van der Waals surface area contributed by atoms with E-state index in [9.17, 15) is 9.59 Å². The average molecular weight is 204 g/mol. The second-order valence-corrected chi connectivity index (χ2v) is 2.81. The number of carbonyl (C=O) groups is 2. The molecule has 0 aromatic carbocycles. The maximum absolute atomic E-state index is 10.4. The fourth-order valence-corrected chi connectivity index (χ4v) is 0.759. The number of carbonyl (C=O) groups excluding carboxylic acids is 2. The maximum atomic E-state index is 10.4. The van der Waals surface area contributed by atoms with E-state index >= 15 is 0 Å². The molecule has 0 aliphatic heterocycles. The standard InChI is InChI=1S/C8H16N2O4/c1-7(11)13-5-3-10(2)4-6-14-8(9)12/h3-6H2,1-2H3,(H2,9,12). The van der Waals surface area contributed by atoms with Crippen LogP contribution >= 0.6 is 0 Å². The molecule has 0 aliphatic rings. The third kappa shape index (κ3) is 8.79. The van der Waals surface area contributed by atoms with E-state index in [1.165, 1.54) is 6.92 Å². The van der Waals surface area contributed by atoms with E-state index in [0.717, 1.165) is 0 Å². The van der Waals surface area contributed by atoms with Crippen molar-refractivity contribution >= 4 is 12.1 Å². The van der Waals surface area contributed by atoms with Crippen molar-refractivity contribution in [3.8, 4) is 0 Å². The highest BCUT2D eigenvalue weighted by atomic mass is 16.5. The van der Waals surface area contributed by atoms with E-state index < -0.39 is 6.09 Å². The number of primary amides is 1. The summed E-state index contributed by atoms with van der Waals surface area (Å²) in [6.45, 7) is 3.09. The molecule has 1 amide bonds. The van der Waals surface area contributed by atoms with Crippen LogP contribution in [0, 0.1) is 0 Å². The number of likely N-dealkylation sites (N-methyl/N-ethyl adjacent to an activating group) is 1. The molecule has 6 nitrogen and oxygen atoms in total. The number of nitrogens with two attached hydrogens (primary N) is 1. The molecule has 0 aromatic heterocycles. The number of nitrogens with zero attached hydrogens (tertiary/aromatic N) is 1. The largest absolute Gasteiger partial charge is 0.465 e. The van der Waals surface area contributed by atoms with Crippen LogP contribution in [-0.2, 0) is 14.3 Å². The highest BCUT2D eigenvalue weighted by molar-refractivity contribution is 5.65. The molecule has 82 valence electrons. The van der Waals surface area contributed by atoms with Gasteiger partial charge in [-0.15, -0.1) is 0 Å². The molecule has 14 heavy (non-hydrogen) atoms. The first-order valence-electron chi connectivity index (χ1n) is 4.26. The van der Waals surface area contributed by atoms with Gasteiger partial charge < -0.3 is 15.2 Å². The molecule has 0 atom stereocenters. The second kappa shape index (κ2) is 7.14. The Labute approximate surface area is 82.9 Å². The first-order valence-corrected chi connectivity index (χ1v) is 4.26. The van der Waals surface area contributed by atoms with E-state index in [0.29, 0.717) is 19.7 Å². The zero-order chi connectivity index (χ0) is 11.0. The second-order valence-electron chi connectivity index (χ2n) is 2.81. The van der Waals surface area contributed by atoms with Crippen LogP contribution in [0.5, 0.6) is 0 Å². The number of hydrogen-bond donors (Lipinski definition) is 1. The van der Waals surface area contributed by atoms with Crippen molar-refractivity contribution in [1.82, 2.24) is 4.90 Å². The fourth-order valence-electron chi connectivity index (χ4n) is 0.759. The Kier molecular flexibility index (Phi) is 6.47. The third-order valence-electron chi connectivity index (χ3n) is 1.50. The summed E-state index contributed by atoms with van der Waals surface area (Å²) in [6.07, 6.45) is -0.779. The lowest BCUT2D eigenvalue weighted by molar-refractivity contribution is -0.141. The van der Waals surface area contributed by atoms with Gasteiger partial charge in [0, 0.05) is 20.0 Å². The van der Waals surface area contributed by atoms with Crippen molar-refractivity contribution in [2.24, 2.45) is 5.73 Å². The normalized spacial score (nSPS) is 9.93. The predicted molar refractivity (Wildman–Crippen MR) is 49.7 cm³/mol. The summed E-state index contributed by atoms with van der Waals surface area (Å²) >= 11 is 0. The van der Waals surface area contributed by atoms with Gasteiger partial charge >= 0.3 is 12.1 Å². The van der Waals surface area contributed by atoms with Crippen molar-refractivity contribution in [2.75, 3.05) is 33.4 Å². The summed E-state index contributed by atoms with van der Waals surface area (Å²) in [5, 5.41) is 0. The Morgan fingerprint density at radius 2 is 1.71 bits per heavy atom. The Bertz CT molecular complexity index is 176. The summed E-state index contributed by atoms with van der Waals surface area (Å²) in [7, 11) is 1.83. The molecule has 2 N–H and O–H groups in total. The van der Waals surface area contributed by atoms with Crippen molar-refractivity contribution in [1.29, 1.82) is 0 Å². The molecule has 0 spiro atoms. The van der Waals surface area contributed by atoms with Gasteiger partial charge in [0.25, 0.3) is 0 Å². The minimum Gasteiger partial charge on any atom is -0.465 e. The van der Waals surface area contributed by atoms with Crippen LogP contribution in [-0.4, -0.2) is 50.3 Å². The topological polar surface area (TPSA) is 81.9 Å². The molecule has 0 fully saturated rings. The number of rotatable bonds is 6. The molecule has 6 heteroatoms. The van der Waals surface area contributed by atoms with Gasteiger partial charge in [-0.05, 0) is 7.05 Å². The van der Waals surface area contributed by atoms with Crippen molar-refractivity contribution in [2.45, 2.75) is 6.92 Å². The van der Waals surface area contributed by atoms with E-state index in [-0.39, 0.29) is 12.6 Å². The molecule has 0 heterocycles. The van der Waals surface area contributed by atoms with Gasteiger partial charge in [-0.2, -0.15) is 0 Å². The van der Waals surface area contributed by atoms with E-state index in [1.807, 2.05) is 11.9 Å². The predicted octanol–water partition coefficient (Wildman–Crippen LogP) is -0.423. The highest BCUT2D eigenvalue weighted by Crippen LogP contribution is 1.85. The van der Waals surface area contributed by atoms with Gasteiger partial charge in [0.2, 0.25) is 0 Å². The Morgan fingerprint density at radius 1 is 1.21 bits per heavy atom. The van der Waals surface area contributed by atoms with Gasteiger partial charge in [-0.25, -0.2) is 4.79 Å². The summed E-state index contributed by atoms with van der Waals surface area (Å²) in [5.41, 5.74) is 4.77. The van der Waals surface area contributed by atoms with Gasteiger partial charge in [-0.1, -0.05) is 0 Å². The first-order chi connectivity index (χ1) is 6.52. The summed E-state index contributed by atoms with van der Waals surface area (Å²) < 4.78 is 9.26. The van der Waals surface area contributed by atoms with Gasteiger partial charge in [0.15, 0.2) is 0 Å². The van der Waals surface area contributed by atoms with E-state index in [4.69, 9.17) is 10.5 Å². The zero-order valence-corrected chi connectivity index (χ0v) is 8.49. The van der Waals surface area contributed by atoms with Crippen LogP contribution in [0.4, 0.5) is 4.79 Å². The lowest BCUT2D eigenvalue weighted by Crippen LogP contribution is -2.29. The van der Waals surface area contributed by atoms with Crippen molar-refractivity contribution < 1.29 is 19.1 Å². The molecule has 0 aromatic rings. The number of hydrogen-bond acceptors (Lipinski definition) is 5. The zero-order valence-electron chi connectivity index (χ0n) is 8.49. The molecular formula is C8H16N2O4. The van der Waals surface area contributed by atoms with Crippen molar-refractivity contribution in [3.05, 3.63) is 0 Å². The van der Waals surface area contributed by atoms with Crippen LogP contribution < -0.4 is 5.73 Å². The van der Waals surface area contributed by atoms with Crippen LogP contribution in [0.25, 0.3) is 0 Å². The number of amides is 1. The minimum absolute atomic E-state index is 0.242. The SMILES string of the molecule is CC(=O)OCCN(C)CCOC(N)=O. The van der Waals surface area contributed by atoms with E-state index in [1.54, 1.807) is 0 Å². The van der Waals surface area contributed by atoms with Gasteiger partial charge in [0.05, 0.1) is 0 Å². The van der Waals surface area contributed by atoms with Crippen molar-refractivity contribution in [3.63, 3.8) is 0 Å². The molecule has 0 bridgehead atoms. The monoisotopic (exact) mass is 204 g/mol. The summed E-state index contributed by atoms with van der Waals surface area (Å²) in [4.78, 5) is 22.5. The third-order valence-corrected chi connectivity index (χ3v) is 1.50. The van der Waals surface area contributed by atoms with E-state index in [2.05, 4.69) is 4.74 Å². The van der Waals surface area contributed by atoms with Crippen LogP contribution in [0.3, 0.4) is 0 Å². The Hall–Kier alpha value is -1.30. The molecule has 0 rings (SSSR count). The Morgan fingerprint density at radius 3 is 2.14 bits per heavy atom. The minimum atomic E-state index is -0.779. The first kappa shape index (κ1) is 12.7. The fraction of sp³-hybridized carbons (Fsp3) is 0.750. The van der Waals surface area contributed by atoms with Crippen LogP contribution in [0.2, 0.25) is 0 Å². The van der Waals surface area contributed by atoms with Crippen LogP contribution in [0.15, 0.2) is 0 Å². The molecule has 0 saturated carbocycles. The summed E-state index contributed by atoms with van der Waals surface area (Å²) in [5.74, 6) is -0.299. The molecule has 0 radical (unpaired) electrons. The van der Waals surface area contributed by atoms with Gasteiger partial charge in [-0.3, -0.25) is 9.69 Å². The maximum Gasteiger partial charge on any atom is 0.404 e. The molecule has 0 aliphatic carbocycles. The highest BCUT2D eigenvalue weighted by Gasteiger charge is 2.00. The molecule has 0 saturated heterocycles. The summed E-state index contributed by atoms with van der Waals surface area (Å²) in [6, 6.07) is 0.